The second-order valence-electron chi connectivity index (χ2n) is 4.33. The minimum atomic E-state index is 0.387. The number of aliphatic imine (C=N–C) groups is 1. The number of nitrogens with zero attached hydrogens (tertiary/aromatic N) is 2. The smallest absolute Gasteiger partial charge is 0.196 e. The molecule has 1 aliphatic rings. The van der Waals surface area contributed by atoms with E-state index < -0.39 is 0 Å². The van der Waals surface area contributed by atoms with Crippen LogP contribution in [0.4, 0.5) is 5.69 Å². The van der Waals surface area contributed by atoms with Crippen LogP contribution in [0.2, 0.25) is 5.02 Å². The Labute approximate surface area is 117 Å². The summed E-state index contributed by atoms with van der Waals surface area (Å²) in [6.07, 6.45) is 4.45. The van der Waals surface area contributed by atoms with E-state index in [1.807, 2.05) is 36.0 Å². The van der Waals surface area contributed by atoms with Gasteiger partial charge in [0.25, 0.3) is 0 Å². The van der Waals surface area contributed by atoms with Gasteiger partial charge in [-0.05, 0) is 49.1 Å². The molecule has 0 saturated heterocycles. The summed E-state index contributed by atoms with van der Waals surface area (Å²) < 4.78 is 0. The first-order chi connectivity index (χ1) is 8.72. The van der Waals surface area contributed by atoms with E-state index in [4.69, 9.17) is 17.3 Å². The second kappa shape index (κ2) is 6.34. The molecule has 0 spiro atoms. The molecule has 3 nitrogen and oxygen atoms in total. The van der Waals surface area contributed by atoms with Crippen LogP contribution in [0.15, 0.2) is 29.3 Å². The van der Waals surface area contributed by atoms with Gasteiger partial charge < -0.3 is 10.6 Å². The van der Waals surface area contributed by atoms with Crippen molar-refractivity contribution in [3.8, 4) is 0 Å². The van der Waals surface area contributed by atoms with Crippen molar-refractivity contribution in [2.24, 2.45) is 10.7 Å². The summed E-state index contributed by atoms with van der Waals surface area (Å²) in [5.41, 5.74) is 7.06. The maximum Gasteiger partial charge on any atom is 0.196 e. The average Bonchev–Trinajstić information content (AvgIpc) is 2.72. The van der Waals surface area contributed by atoms with Gasteiger partial charge in [-0.3, -0.25) is 4.99 Å². The van der Waals surface area contributed by atoms with E-state index >= 15 is 0 Å². The predicted octanol–water partition coefficient (Wildman–Crippen LogP) is 2.99. The van der Waals surface area contributed by atoms with Crippen molar-refractivity contribution in [1.82, 2.24) is 0 Å². The summed E-state index contributed by atoms with van der Waals surface area (Å²) in [6, 6.07) is 8.16. The van der Waals surface area contributed by atoms with Crippen molar-refractivity contribution in [1.29, 1.82) is 0 Å². The van der Waals surface area contributed by atoms with Gasteiger partial charge in [-0.25, -0.2) is 0 Å². The molecule has 1 atom stereocenters. The van der Waals surface area contributed by atoms with Gasteiger partial charge in [-0.2, -0.15) is 11.8 Å². The Hall–Kier alpha value is -0.870. The Kier molecular flexibility index (Phi) is 4.78. The maximum atomic E-state index is 5.98. The van der Waals surface area contributed by atoms with Gasteiger partial charge in [-0.15, -0.1) is 0 Å². The van der Waals surface area contributed by atoms with Gasteiger partial charge in [0.05, 0.1) is 12.6 Å². The third kappa shape index (κ3) is 3.12. The number of guanidine groups is 1. The number of benzene rings is 1. The molecule has 0 amide bonds. The molecule has 1 unspecified atom stereocenters. The molecular weight excluding hydrogens is 266 g/mol. The normalized spacial score (nSPS) is 19.1. The van der Waals surface area contributed by atoms with Crippen LogP contribution in [0.1, 0.15) is 12.8 Å². The molecule has 0 radical (unpaired) electrons. The molecule has 18 heavy (non-hydrogen) atoms. The molecule has 2 rings (SSSR count). The van der Waals surface area contributed by atoms with Crippen LogP contribution in [0.5, 0.6) is 0 Å². The molecule has 1 aromatic carbocycles. The predicted molar refractivity (Wildman–Crippen MR) is 81.8 cm³/mol. The maximum absolute atomic E-state index is 5.98. The van der Waals surface area contributed by atoms with Crippen LogP contribution in [0.25, 0.3) is 0 Å². The first-order valence-electron chi connectivity index (χ1n) is 6.06. The van der Waals surface area contributed by atoms with Crippen LogP contribution < -0.4 is 10.6 Å². The summed E-state index contributed by atoms with van der Waals surface area (Å²) in [7, 11) is 0. The Morgan fingerprint density at radius 2 is 2.17 bits per heavy atom. The largest absolute Gasteiger partial charge is 0.370 e. The van der Waals surface area contributed by atoms with Crippen LogP contribution >= 0.6 is 23.4 Å². The summed E-state index contributed by atoms with van der Waals surface area (Å²) in [4.78, 5) is 6.48. The molecule has 1 heterocycles. The van der Waals surface area contributed by atoms with Crippen LogP contribution in [-0.2, 0) is 0 Å². The number of rotatable bonds is 5. The summed E-state index contributed by atoms with van der Waals surface area (Å²) in [6.45, 7) is 0.794. The molecule has 0 bridgehead atoms. The highest BCUT2D eigenvalue weighted by Crippen LogP contribution is 2.25. The first-order valence-corrected chi connectivity index (χ1v) is 7.83. The zero-order valence-corrected chi connectivity index (χ0v) is 12.0. The molecular formula is C13H18ClN3S. The summed E-state index contributed by atoms with van der Waals surface area (Å²) in [5, 5.41) is 0.743. The minimum Gasteiger partial charge on any atom is -0.370 e. The van der Waals surface area contributed by atoms with Gasteiger partial charge >= 0.3 is 0 Å². The highest BCUT2D eigenvalue weighted by molar-refractivity contribution is 7.98. The highest BCUT2D eigenvalue weighted by Gasteiger charge is 2.26. The van der Waals surface area contributed by atoms with E-state index in [0.717, 1.165) is 23.7 Å². The lowest BCUT2D eigenvalue weighted by molar-refractivity contribution is 0.635. The van der Waals surface area contributed by atoms with Gasteiger partial charge in [0.2, 0.25) is 0 Å². The fourth-order valence-electron chi connectivity index (χ4n) is 2.17. The van der Waals surface area contributed by atoms with Crippen molar-refractivity contribution in [3.63, 3.8) is 0 Å². The van der Waals surface area contributed by atoms with Gasteiger partial charge in [-0.1, -0.05) is 11.6 Å². The van der Waals surface area contributed by atoms with Crippen LogP contribution in [-0.4, -0.2) is 30.6 Å². The topological polar surface area (TPSA) is 41.6 Å². The molecule has 0 saturated carbocycles. The van der Waals surface area contributed by atoms with E-state index in [2.05, 4.69) is 16.1 Å². The number of thioether (sulfide) groups is 1. The number of hydrogen-bond donors (Lipinski definition) is 1. The van der Waals surface area contributed by atoms with Crippen molar-refractivity contribution in [2.75, 3.05) is 23.5 Å². The summed E-state index contributed by atoms with van der Waals surface area (Å²) >= 11 is 7.79. The zero-order valence-electron chi connectivity index (χ0n) is 10.5. The SMILES string of the molecule is CSCCCC1CN=C(N)N1c1ccc(Cl)cc1. The zero-order chi connectivity index (χ0) is 13.0. The van der Waals surface area contributed by atoms with Crippen molar-refractivity contribution >= 4 is 35.0 Å². The lowest BCUT2D eigenvalue weighted by atomic mass is 10.1. The lowest BCUT2D eigenvalue weighted by Gasteiger charge is -2.26. The van der Waals surface area contributed by atoms with Gasteiger partial charge in [0, 0.05) is 10.7 Å². The molecule has 5 heteroatoms. The van der Waals surface area contributed by atoms with Crippen LogP contribution in [0, 0.1) is 0 Å². The standard InChI is InChI=1S/C13H18ClN3S/c1-18-8-2-3-12-9-16-13(15)17(12)11-6-4-10(14)5-7-11/h4-7,12H,2-3,8-9H2,1H3,(H2,15,16). The van der Waals surface area contributed by atoms with E-state index in [1.165, 1.54) is 12.2 Å². The van der Waals surface area contributed by atoms with Crippen molar-refractivity contribution in [2.45, 2.75) is 18.9 Å². The van der Waals surface area contributed by atoms with Crippen LogP contribution in [0.3, 0.4) is 0 Å². The van der Waals surface area contributed by atoms with E-state index in [-0.39, 0.29) is 0 Å². The Bertz CT molecular complexity index is 419. The fourth-order valence-corrected chi connectivity index (χ4v) is 2.75. The number of nitrogens with two attached hydrogens (primary N) is 1. The third-order valence-electron chi connectivity index (χ3n) is 3.07. The number of halogens is 1. The Morgan fingerprint density at radius 3 is 2.83 bits per heavy atom. The molecule has 2 N–H and O–H groups in total. The highest BCUT2D eigenvalue weighted by atomic mass is 35.5. The molecule has 98 valence electrons. The van der Waals surface area contributed by atoms with Gasteiger partial charge in [0.15, 0.2) is 5.96 Å². The lowest BCUT2D eigenvalue weighted by Crippen LogP contribution is -2.40. The number of hydrogen-bond acceptors (Lipinski definition) is 4. The fraction of sp³-hybridized carbons (Fsp3) is 0.462. The van der Waals surface area contributed by atoms with Crippen molar-refractivity contribution in [3.05, 3.63) is 29.3 Å². The first kappa shape index (κ1) is 13.6. The van der Waals surface area contributed by atoms with E-state index in [9.17, 15) is 0 Å². The third-order valence-corrected chi connectivity index (χ3v) is 4.02. The van der Waals surface area contributed by atoms with E-state index in [0.29, 0.717) is 12.0 Å². The molecule has 1 aliphatic heterocycles. The monoisotopic (exact) mass is 283 g/mol. The van der Waals surface area contributed by atoms with Crippen molar-refractivity contribution < 1.29 is 0 Å². The Morgan fingerprint density at radius 1 is 1.44 bits per heavy atom. The molecule has 0 fully saturated rings. The number of anilines is 1. The molecule has 0 aliphatic carbocycles. The minimum absolute atomic E-state index is 0.387. The quantitative estimate of drug-likeness (QED) is 0.845. The molecule has 1 aromatic rings. The second-order valence-corrected chi connectivity index (χ2v) is 5.76. The summed E-state index contributed by atoms with van der Waals surface area (Å²) in [5.74, 6) is 1.80. The average molecular weight is 284 g/mol. The van der Waals surface area contributed by atoms with E-state index in [1.54, 1.807) is 0 Å². The molecule has 0 aromatic heterocycles. The van der Waals surface area contributed by atoms with Gasteiger partial charge in [0.1, 0.15) is 0 Å². The Balaban J connectivity index is 2.07.